The second-order valence-corrected chi connectivity index (χ2v) is 15.4. The topological polar surface area (TPSA) is 26.3 Å². The van der Waals surface area contributed by atoms with Gasteiger partial charge >= 0.3 is 5.97 Å². The number of carbonyl (C=O) groups is 1. The first-order valence-corrected chi connectivity index (χ1v) is 14.6. The first-order valence-electron chi connectivity index (χ1n) is 14.6. The normalized spacial score (nSPS) is 51.6. The Balaban J connectivity index is 1.52. The minimum atomic E-state index is -0.109. The molecule has 0 spiro atoms. The Labute approximate surface area is 210 Å². The largest absolute Gasteiger partial charge is 0.462 e. The lowest BCUT2D eigenvalue weighted by molar-refractivity contribution is -0.197. The first kappa shape index (κ1) is 24.9. The molecule has 4 fully saturated rings. The Hall–Kier alpha value is -0.790. The van der Waals surface area contributed by atoms with Crippen LogP contribution in [0.1, 0.15) is 120 Å². The van der Waals surface area contributed by atoms with E-state index in [9.17, 15) is 4.79 Å². The Morgan fingerprint density at radius 2 is 1.53 bits per heavy atom. The van der Waals surface area contributed by atoms with Gasteiger partial charge in [0.25, 0.3) is 0 Å². The van der Waals surface area contributed by atoms with Gasteiger partial charge in [-0.15, -0.1) is 0 Å². The van der Waals surface area contributed by atoms with Crippen LogP contribution in [0.4, 0.5) is 0 Å². The van der Waals surface area contributed by atoms with Crippen molar-refractivity contribution in [2.24, 2.45) is 56.7 Å². The summed E-state index contributed by atoms with van der Waals surface area (Å²) in [5.74, 6) is 3.79. The van der Waals surface area contributed by atoms with Crippen LogP contribution in [0.3, 0.4) is 0 Å². The highest BCUT2D eigenvalue weighted by Crippen LogP contribution is 2.75. The van der Waals surface area contributed by atoms with Crippen molar-refractivity contribution in [2.75, 3.05) is 0 Å². The fraction of sp³-hybridized carbons (Fsp3) is 0.906. The average molecular weight is 469 g/mol. The summed E-state index contributed by atoms with van der Waals surface area (Å²) in [6, 6.07) is 0. The van der Waals surface area contributed by atoms with E-state index in [-0.39, 0.29) is 17.5 Å². The molecule has 5 aliphatic rings. The van der Waals surface area contributed by atoms with Crippen LogP contribution in [-0.2, 0) is 9.53 Å². The van der Waals surface area contributed by atoms with E-state index in [2.05, 4.69) is 61.5 Å². The number of hydrogen-bond acceptors (Lipinski definition) is 2. The molecule has 5 aliphatic carbocycles. The van der Waals surface area contributed by atoms with Crippen LogP contribution < -0.4 is 0 Å². The lowest BCUT2D eigenvalue weighted by Crippen LogP contribution is -2.63. The molecule has 0 aromatic rings. The molecular weight excluding hydrogens is 416 g/mol. The Kier molecular flexibility index (Phi) is 5.57. The molecule has 0 bridgehead atoms. The summed E-state index contributed by atoms with van der Waals surface area (Å²) >= 11 is 0. The summed E-state index contributed by atoms with van der Waals surface area (Å²) in [4.78, 5) is 11.9. The van der Waals surface area contributed by atoms with Crippen LogP contribution in [-0.4, -0.2) is 12.1 Å². The van der Waals surface area contributed by atoms with E-state index >= 15 is 0 Å². The molecule has 5 rings (SSSR count). The van der Waals surface area contributed by atoms with Crippen molar-refractivity contribution in [2.45, 2.75) is 126 Å². The van der Waals surface area contributed by atoms with Gasteiger partial charge in [-0.1, -0.05) is 67.0 Å². The highest BCUT2D eigenvalue weighted by molar-refractivity contribution is 5.66. The number of carbonyl (C=O) groups excluding carboxylic acids is 1. The molecule has 4 saturated carbocycles. The highest BCUT2D eigenvalue weighted by Gasteiger charge is 2.68. The lowest BCUT2D eigenvalue weighted by Gasteiger charge is -2.69. The number of ether oxygens (including phenoxy) is 1. The molecule has 2 nitrogen and oxygen atoms in total. The zero-order chi connectivity index (χ0) is 24.9. The molecular formula is C32H52O2. The zero-order valence-corrected chi connectivity index (χ0v) is 23.7. The van der Waals surface area contributed by atoms with Gasteiger partial charge in [0.05, 0.1) is 0 Å². The summed E-state index contributed by atoms with van der Waals surface area (Å²) in [5.41, 5.74) is 3.45. The fourth-order valence-corrected chi connectivity index (χ4v) is 11.8. The molecule has 0 aliphatic heterocycles. The third-order valence-electron chi connectivity index (χ3n) is 13.0. The molecule has 0 aromatic heterocycles. The number of allylic oxidation sites excluding steroid dienone is 2. The van der Waals surface area contributed by atoms with E-state index in [1.807, 2.05) is 5.57 Å². The molecule has 0 radical (unpaired) electrons. The van der Waals surface area contributed by atoms with E-state index in [0.29, 0.717) is 27.6 Å². The Morgan fingerprint density at radius 1 is 0.882 bits per heavy atom. The maximum absolute atomic E-state index is 11.9. The van der Waals surface area contributed by atoms with Gasteiger partial charge in [-0.3, -0.25) is 4.79 Å². The van der Waals surface area contributed by atoms with Gasteiger partial charge in [-0.05, 0) is 109 Å². The van der Waals surface area contributed by atoms with Gasteiger partial charge in [-0.25, -0.2) is 0 Å². The third kappa shape index (κ3) is 3.14. The molecule has 0 heterocycles. The van der Waals surface area contributed by atoms with Gasteiger partial charge in [0, 0.05) is 12.3 Å². The van der Waals surface area contributed by atoms with Crippen molar-refractivity contribution < 1.29 is 9.53 Å². The summed E-state index contributed by atoms with van der Waals surface area (Å²) in [5, 5.41) is 0. The number of rotatable bonds is 2. The minimum Gasteiger partial charge on any atom is -0.462 e. The van der Waals surface area contributed by atoms with Gasteiger partial charge in [0.15, 0.2) is 0 Å². The van der Waals surface area contributed by atoms with Crippen molar-refractivity contribution >= 4 is 5.97 Å². The van der Waals surface area contributed by atoms with Crippen molar-refractivity contribution in [3.63, 3.8) is 0 Å². The minimum absolute atomic E-state index is 0.0501. The molecule has 2 heteroatoms. The molecule has 34 heavy (non-hydrogen) atoms. The van der Waals surface area contributed by atoms with E-state index in [1.54, 1.807) is 6.92 Å². The Bertz CT molecular complexity index is 883. The summed E-state index contributed by atoms with van der Waals surface area (Å²) in [6.45, 7) is 22.0. The number of esters is 1. The number of fused-ring (bicyclic) bond motifs is 7. The predicted molar refractivity (Wildman–Crippen MR) is 140 cm³/mol. The SMILES string of the molecule is CC(=O)OC1CCC2(C)C3CCC4(C)C(=CCC5(C)CCC(C(C)C)C54)C3(C)CCC2C1(C)C. The number of hydrogen-bond donors (Lipinski definition) is 0. The first-order chi connectivity index (χ1) is 15.7. The molecule has 9 unspecified atom stereocenters. The van der Waals surface area contributed by atoms with Crippen molar-refractivity contribution in [3.8, 4) is 0 Å². The predicted octanol–water partition coefficient (Wildman–Crippen LogP) is 8.60. The van der Waals surface area contributed by atoms with Crippen LogP contribution in [0.15, 0.2) is 11.6 Å². The molecule has 0 saturated heterocycles. The van der Waals surface area contributed by atoms with Crippen LogP contribution in [0, 0.1) is 56.7 Å². The monoisotopic (exact) mass is 468 g/mol. The van der Waals surface area contributed by atoms with Crippen LogP contribution in [0.2, 0.25) is 0 Å². The molecule has 0 amide bonds. The van der Waals surface area contributed by atoms with Crippen LogP contribution >= 0.6 is 0 Å². The zero-order valence-electron chi connectivity index (χ0n) is 23.7. The lowest BCUT2D eigenvalue weighted by atomic mass is 9.35. The van der Waals surface area contributed by atoms with E-state index in [1.165, 1.54) is 51.4 Å². The van der Waals surface area contributed by atoms with Crippen LogP contribution in [0.25, 0.3) is 0 Å². The molecule has 192 valence electrons. The van der Waals surface area contributed by atoms with Gasteiger partial charge in [0.2, 0.25) is 0 Å². The van der Waals surface area contributed by atoms with E-state index in [4.69, 9.17) is 4.74 Å². The van der Waals surface area contributed by atoms with E-state index in [0.717, 1.165) is 30.1 Å². The standard InChI is InChI=1S/C32H52O2/c1-20(2)22-10-15-29(6)16-11-25-31(8)17-12-23-28(4,5)26(34-21(3)33)14-19-30(23,7)24(31)13-18-32(25,9)27(22)29/h11,20,22-24,26-27H,10,12-19H2,1-9H3. The highest BCUT2D eigenvalue weighted by atomic mass is 16.5. The van der Waals surface area contributed by atoms with Gasteiger partial charge < -0.3 is 4.74 Å². The summed E-state index contributed by atoms with van der Waals surface area (Å²) in [7, 11) is 0. The fourth-order valence-electron chi connectivity index (χ4n) is 11.8. The summed E-state index contributed by atoms with van der Waals surface area (Å²) < 4.78 is 5.91. The second-order valence-electron chi connectivity index (χ2n) is 15.4. The third-order valence-corrected chi connectivity index (χ3v) is 13.0. The molecule has 9 atom stereocenters. The van der Waals surface area contributed by atoms with Crippen molar-refractivity contribution in [3.05, 3.63) is 11.6 Å². The second kappa shape index (κ2) is 7.61. The van der Waals surface area contributed by atoms with Crippen LogP contribution in [0.5, 0.6) is 0 Å². The average Bonchev–Trinajstić information content (AvgIpc) is 3.08. The Morgan fingerprint density at radius 3 is 2.18 bits per heavy atom. The van der Waals surface area contributed by atoms with Gasteiger partial charge in [0.1, 0.15) is 6.10 Å². The summed E-state index contributed by atoms with van der Waals surface area (Å²) in [6.07, 6.45) is 14.6. The smallest absolute Gasteiger partial charge is 0.302 e. The molecule has 0 aromatic carbocycles. The quantitative estimate of drug-likeness (QED) is 0.299. The molecule has 0 N–H and O–H groups in total. The van der Waals surface area contributed by atoms with Gasteiger partial charge in [-0.2, -0.15) is 0 Å². The van der Waals surface area contributed by atoms with E-state index < -0.39 is 0 Å². The maximum Gasteiger partial charge on any atom is 0.302 e. The maximum atomic E-state index is 11.9. The van der Waals surface area contributed by atoms with Crippen molar-refractivity contribution in [1.29, 1.82) is 0 Å². The van der Waals surface area contributed by atoms with Crippen molar-refractivity contribution in [1.82, 2.24) is 0 Å².